The molecule has 20 heavy (non-hydrogen) atoms. The highest BCUT2D eigenvalue weighted by Crippen LogP contribution is 2.21. The fraction of sp³-hybridized carbons (Fsp3) is 0.429. The zero-order chi connectivity index (χ0) is 14.5. The summed E-state index contributed by atoms with van der Waals surface area (Å²) in [5, 5.41) is 2.56. The zero-order valence-corrected chi connectivity index (χ0v) is 11.6. The van der Waals surface area contributed by atoms with Crippen LogP contribution in [0.1, 0.15) is 12.5 Å². The first-order chi connectivity index (χ1) is 9.60. The molecule has 0 bridgehead atoms. The largest absolute Gasteiger partial charge is 0.450 e. The van der Waals surface area contributed by atoms with Crippen molar-refractivity contribution in [3.05, 3.63) is 29.8 Å². The van der Waals surface area contributed by atoms with E-state index in [0.717, 1.165) is 11.3 Å². The third kappa shape index (κ3) is 3.40. The van der Waals surface area contributed by atoms with Crippen LogP contribution in [0.15, 0.2) is 24.3 Å². The van der Waals surface area contributed by atoms with Crippen LogP contribution >= 0.6 is 0 Å². The van der Waals surface area contributed by atoms with E-state index in [9.17, 15) is 9.59 Å². The van der Waals surface area contributed by atoms with Gasteiger partial charge >= 0.3 is 12.2 Å². The molecule has 0 aromatic heterocycles. The van der Waals surface area contributed by atoms with Gasteiger partial charge < -0.3 is 14.8 Å². The maximum Gasteiger partial charge on any atom is 0.414 e. The molecule has 6 heteroatoms. The topological polar surface area (TPSA) is 67.9 Å². The lowest BCUT2D eigenvalue weighted by molar-refractivity contribution is 0.127. The van der Waals surface area contributed by atoms with Crippen molar-refractivity contribution < 1.29 is 19.1 Å². The fourth-order valence-corrected chi connectivity index (χ4v) is 1.94. The molecule has 0 aliphatic carbocycles. The van der Waals surface area contributed by atoms with Crippen molar-refractivity contribution in [1.29, 1.82) is 0 Å². The summed E-state index contributed by atoms with van der Waals surface area (Å²) in [6.45, 7) is 4.68. The lowest BCUT2D eigenvalue weighted by atomic mass is 10.2. The average molecular weight is 278 g/mol. The van der Waals surface area contributed by atoms with E-state index in [1.54, 1.807) is 11.8 Å². The number of carbonyl (C=O) groups is 2. The number of benzene rings is 1. The number of cyclic esters (lactones) is 1. The minimum absolute atomic E-state index is 0.243. The molecular weight excluding hydrogens is 260 g/mol. The number of amides is 2. The number of ether oxygens (including phenoxy) is 2. The Labute approximate surface area is 117 Å². The van der Waals surface area contributed by atoms with Crippen molar-refractivity contribution in [2.45, 2.75) is 20.0 Å². The third-order valence-electron chi connectivity index (χ3n) is 2.97. The number of alkyl carbamates (subject to hydrolysis) is 1. The number of hydrogen-bond donors (Lipinski definition) is 1. The second-order valence-corrected chi connectivity index (χ2v) is 4.55. The van der Waals surface area contributed by atoms with Gasteiger partial charge in [-0.2, -0.15) is 0 Å². The Kier molecular flexibility index (Phi) is 4.45. The van der Waals surface area contributed by atoms with Crippen molar-refractivity contribution in [3.63, 3.8) is 0 Å². The average Bonchev–Trinajstić information content (AvgIpc) is 2.79. The molecule has 1 N–H and O–H groups in total. The fourth-order valence-electron chi connectivity index (χ4n) is 1.94. The smallest absolute Gasteiger partial charge is 0.414 e. The van der Waals surface area contributed by atoms with E-state index < -0.39 is 12.2 Å². The van der Waals surface area contributed by atoms with Crippen molar-refractivity contribution >= 4 is 17.9 Å². The molecule has 2 amide bonds. The SMILES string of the molecule is CCOC(=O)NCC1CN(c2ccc(C)cc2)C(=O)O1. The van der Waals surface area contributed by atoms with Crippen LogP contribution in [-0.4, -0.2) is 38.0 Å². The molecule has 1 heterocycles. The highest BCUT2D eigenvalue weighted by atomic mass is 16.6. The minimum Gasteiger partial charge on any atom is -0.450 e. The maximum atomic E-state index is 11.8. The summed E-state index contributed by atoms with van der Waals surface area (Å²) >= 11 is 0. The van der Waals surface area contributed by atoms with E-state index in [4.69, 9.17) is 9.47 Å². The summed E-state index contributed by atoms with van der Waals surface area (Å²) in [5.41, 5.74) is 1.92. The first-order valence-corrected chi connectivity index (χ1v) is 6.55. The zero-order valence-electron chi connectivity index (χ0n) is 11.6. The molecule has 6 nitrogen and oxygen atoms in total. The van der Waals surface area contributed by atoms with Crippen LogP contribution in [0.2, 0.25) is 0 Å². The van der Waals surface area contributed by atoms with Crippen LogP contribution in [0.4, 0.5) is 15.3 Å². The second kappa shape index (κ2) is 6.27. The van der Waals surface area contributed by atoms with Crippen LogP contribution in [0, 0.1) is 6.92 Å². The van der Waals surface area contributed by atoms with Gasteiger partial charge in [-0.05, 0) is 26.0 Å². The summed E-state index contributed by atoms with van der Waals surface area (Å²) in [6, 6.07) is 7.62. The van der Waals surface area contributed by atoms with E-state index in [1.165, 1.54) is 0 Å². The minimum atomic E-state index is -0.502. The van der Waals surface area contributed by atoms with Gasteiger partial charge in [-0.15, -0.1) is 0 Å². The first-order valence-electron chi connectivity index (χ1n) is 6.55. The van der Waals surface area contributed by atoms with Gasteiger partial charge in [-0.25, -0.2) is 9.59 Å². The van der Waals surface area contributed by atoms with E-state index in [2.05, 4.69) is 5.32 Å². The number of aryl methyl sites for hydroxylation is 1. The molecule has 0 saturated carbocycles. The Bertz CT molecular complexity index is 486. The van der Waals surface area contributed by atoms with Crippen LogP contribution in [0.25, 0.3) is 0 Å². The monoisotopic (exact) mass is 278 g/mol. The van der Waals surface area contributed by atoms with Gasteiger partial charge in [0.1, 0.15) is 6.10 Å². The highest BCUT2D eigenvalue weighted by Gasteiger charge is 2.32. The van der Waals surface area contributed by atoms with E-state index in [-0.39, 0.29) is 12.6 Å². The van der Waals surface area contributed by atoms with E-state index in [0.29, 0.717) is 13.2 Å². The quantitative estimate of drug-likeness (QED) is 0.915. The summed E-state index contributed by atoms with van der Waals surface area (Å²) < 4.78 is 9.95. The summed E-state index contributed by atoms with van der Waals surface area (Å²) in [5.74, 6) is 0. The van der Waals surface area contributed by atoms with Crippen molar-refractivity contribution in [3.8, 4) is 0 Å². The van der Waals surface area contributed by atoms with Crippen molar-refractivity contribution in [1.82, 2.24) is 5.32 Å². The molecule has 1 aliphatic heterocycles. The Morgan fingerprint density at radius 2 is 2.15 bits per heavy atom. The number of hydrogen-bond acceptors (Lipinski definition) is 4. The molecule has 1 aromatic rings. The van der Waals surface area contributed by atoms with Crippen LogP contribution < -0.4 is 10.2 Å². The van der Waals surface area contributed by atoms with Gasteiger partial charge in [0.15, 0.2) is 0 Å². The molecule has 1 atom stereocenters. The number of carbonyl (C=O) groups excluding carboxylic acids is 2. The van der Waals surface area contributed by atoms with Gasteiger partial charge in [-0.3, -0.25) is 4.90 Å². The normalized spacial score (nSPS) is 17.8. The molecule has 108 valence electrons. The molecule has 1 saturated heterocycles. The molecule has 1 aliphatic rings. The molecule has 0 radical (unpaired) electrons. The predicted molar refractivity (Wildman–Crippen MR) is 73.8 cm³/mol. The van der Waals surface area contributed by atoms with Crippen molar-refractivity contribution in [2.75, 3.05) is 24.6 Å². The van der Waals surface area contributed by atoms with Crippen LogP contribution in [-0.2, 0) is 9.47 Å². The standard InChI is InChI=1S/C14H18N2O4/c1-3-19-13(17)15-8-12-9-16(14(18)20-12)11-6-4-10(2)5-7-11/h4-7,12H,3,8-9H2,1-2H3,(H,15,17). The van der Waals surface area contributed by atoms with Gasteiger partial charge in [-0.1, -0.05) is 17.7 Å². The Morgan fingerprint density at radius 3 is 2.80 bits per heavy atom. The number of anilines is 1. The van der Waals surface area contributed by atoms with Gasteiger partial charge in [0, 0.05) is 5.69 Å². The number of nitrogens with zero attached hydrogens (tertiary/aromatic N) is 1. The van der Waals surface area contributed by atoms with E-state index >= 15 is 0 Å². The summed E-state index contributed by atoms with van der Waals surface area (Å²) in [6.07, 6.45) is -1.27. The Balaban J connectivity index is 1.90. The maximum absolute atomic E-state index is 11.8. The molecule has 1 aromatic carbocycles. The number of rotatable bonds is 4. The summed E-state index contributed by atoms with van der Waals surface area (Å²) in [4.78, 5) is 24.5. The molecular formula is C14H18N2O4. The van der Waals surface area contributed by atoms with Gasteiger partial charge in [0.05, 0.1) is 19.7 Å². The Morgan fingerprint density at radius 1 is 1.45 bits per heavy atom. The Hall–Kier alpha value is -2.24. The van der Waals surface area contributed by atoms with Crippen LogP contribution in [0.3, 0.4) is 0 Å². The molecule has 2 rings (SSSR count). The van der Waals surface area contributed by atoms with Crippen LogP contribution in [0.5, 0.6) is 0 Å². The third-order valence-corrected chi connectivity index (χ3v) is 2.97. The number of nitrogens with one attached hydrogen (secondary N) is 1. The highest BCUT2D eigenvalue weighted by molar-refractivity contribution is 5.89. The summed E-state index contributed by atoms with van der Waals surface area (Å²) in [7, 11) is 0. The van der Waals surface area contributed by atoms with Gasteiger partial charge in [0.25, 0.3) is 0 Å². The molecule has 1 unspecified atom stereocenters. The van der Waals surface area contributed by atoms with Crippen molar-refractivity contribution in [2.24, 2.45) is 0 Å². The lowest BCUT2D eigenvalue weighted by Gasteiger charge is -2.13. The van der Waals surface area contributed by atoms with Gasteiger partial charge in [0.2, 0.25) is 0 Å². The molecule has 1 fully saturated rings. The van der Waals surface area contributed by atoms with E-state index in [1.807, 2.05) is 31.2 Å². The lowest BCUT2D eigenvalue weighted by Crippen LogP contribution is -2.34. The second-order valence-electron chi connectivity index (χ2n) is 4.55. The molecule has 0 spiro atoms. The predicted octanol–water partition coefficient (Wildman–Crippen LogP) is 2.07. The first kappa shape index (κ1) is 14.2.